The van der Waals surface area contributed by atoms with Crippen LogP contribution in [0, 0.1) is 0 Å². The van der Waals surface area contributed by atoms with Crippen LogP contribution in [0.4, 0.5) is 5.82 Å². The largest absolute Gasteiger partial charge is 0.371 e. The van der Waals surface area contributed by atoms with Gasteiger partial charge in [0.2, 0.25) is 0 Å². The minimum Gasteiger partial charge on any atom is -0.371 e. The Kier molecular flexibility index (Phi) is 1.91. The Hall–Kier alpha value is -1.91. The monoisotopic (exact) mass is 175 g/mol. The fourth-order valence-electron chi connectivity index (χ4n) is 1.12. The topological polar surface area (TPSA) is 66.5 Å². The fourth-order valence-corrected chi connectivity index (χ4v) is 1.12. The first kappa shape index (κ1) is 7.72. The number of aromatic nitrogens is 4. The Bertz CT molecular complexity index is 381. The zero-order chi connectivity index (χ0) is 9.10. The van der Waals surface area contributed by atoms with Crippen molar-refractivity contribution in [3.05, 3.63) is 24.7 Å². The molecule has 0 spiro atoms. The van der Waals surface area contributed by atoms with Gasteiger partial charge < -0.3 is 10.3 Å². The molecular formula is C8H9N5. The summed E-state index contributed by atoms with van der Waals surface area (Å²) < 4.78 is 0. The Balaban J connectivity index is 2.51. The second-order valence-electron chi connectivity index (χ2n) is 2.49. The van der Waals surface area contributed by atoms with Gasteiger partial charge in [0.15, 0.2) is 11.5 Å². The van der Waals surface area contributed by atoms with Gasteiger partial charge >= 0.3 is 0 Å². The van der Waals surface area contributed by atoms with Gasteiger partial charge in [-0.3, -0.25) is 0 Å². The highest BCUT2D eigenvalue weighted by molar-refractivity contribution is 5.67. The quantitative estimate of drug-likeness (QED) is 0.711. The van der Waals surface area contributed by atoms with Gasteiger partial charge in [-0.05, 0) is 12.1 Å². The van der Waals surface area contributed by atoms with Crippen LogP contribution >= 0.6 is 0 Å². The van der Waals surface area contributed by atoms with E-state index in [9.17, 15) is 0 Å². The van der Waals surface area contributed by atoms with Crippen LogP contribution in [0.3, 0.4) is 0 Å². The van der Waals surface area contributed by atoms with Gasteiger partial charge in [0, 0.05) is 13.2 Å². The lowest BCUT2D eigenvalue weighted by Gasteiger charge is -2.02. The molecule has 0 unspecified atom stereocenters. The number of hydrogen-bond donors (Lipinski definition) is 2. The molecule has 0 radical (unpaired) electrons. The highest BCUT2D eigenvalue weighted by atomic mass is 15.2. The summed E-state index contributed by atoms with van der Waals surface area (Å²) >= 11 is 0. The van der Waals surface area contributed by atoms with E-state index >= 15 is 0 Å². The van der Waals surface area contributed by atoms with Crippen molar-refractivity contribution in [2.75, 3.05) is 12.4 Å². The van der Waals surface area contributed by atoms with E-state index < -0.39 is 0 Å². The van der Waals surface area contributed by atoms with E-state index in [-0.39, 0.29) is 0 Å². The third-order valence-electron chi connectivity index (χ3n) is 1.71. The van der Waals surface area contributed by atoms with E-state index in [1.165, 1.54) is 6.33 Å². The van der Waals surface area contributed by atoms with Crippen molar-refractivity contribution in [1.29, 1.82) is 0 Å². The van der Waals surface area contributed by atoms with Crippen LogP contribution in [0.2, 0.25) is 0 Å². The molecule has 0 aliphatic rings. The summed E-state index contributed by atoms with van der Waals surface area (Å²) in [5.41, 5.74) is 1.64. The van der Waals surface area contributed by atoms with E-state index in [0.29, 0.717) is 0 Å². The lowest BCUT2D eigenvalue weighted by Crippen LogP contribution is -1.99. The minimum absolute atomic E-state index is 0.720. The van der Waals surface area contributed by atoms with Crippen molar-refractivity contribution in [3.8, 4) is 11.4 Å². The molecule has 0 atom stereocenters. The summed E-state index contributed by atoms with van der Waals surface area (Å²) in [7, 11) is 1.80. The van der Waals surface area contributed by atoms with Crippen LogP contribution in [-0.4, -0.2) is 27.2 Å². The van der Waals surface area contributed by atoms with Gasteiger partial charge in [-0.2, -0.15) is 0 Å². The van der Waals surface area contributed by atoms with Crippen molar-refractivity contribution in [3.63, 3.8) is 0 Å². The van der Waals surface area contributed by atoms with E-state index in [2.05, 4.69) is 25.5 Å². The summed E-state index contributed by atoms with van der Waals surface area (Å²) in [4.78, 5) is 7.09. The predicted molar refractivity (Wildman–Crippen MR) is 49.2 cm³/mol. The number of H-pyrrole nitrogens is 1. The number of anilines is 1. The lowest BCUT2D eigenvalue weighted by atomic mass is 10.3. The SMILES string of the molecule is CNc1ncnnc1-c1ccc[nH]1. The Morgan fingerprint density at radius 2 is 2.38 bits per heavy atom. The van der Waals surface area contributed by atoms with Crippen molar-refractivity contribution in [1.82, 2.24) is 20.2 Å². The Morgan fingerprint density at radius 1 is 1.46 bits per heavy atom. The Morgan fingerprint density at radius 3 is 3.08 bits per heavy atom. The van der Waals surface area contributed by atoms with Crippen LogP contribution in [0.5, 0.6) is 0 Å². The van der Waals surface area contributed by atoms with Gasteiger partial charge in [0.25, 0.3) is 0 Å². The fraction of sp³-hybridized carbons (Fsp3) is 0.125. The predicted octanol–water partition coefficient (Wildman–Crippen LogP) is 0.908. The van der Waals surface area contributed by atoms with Gasteiger partial charge in [-0.25, -0.2) is 4.98 Å². The summed E-state index contributed by atoms with van der Waals surface area (Å²) in [6.45, 7) is 0. The number of hydrogen-bond acceptors (Lipinski definition) is 4. The van der Waals surface area contributed by atoms with Crippen LogP contribution in [-0.2, 0) is 0 Å². The second-order valence-corrected chi connectivity index (χ2v) is 2.49. The Labute approximate surface area is 75.2 Å². The summed E-state index contributed by atoms with van der Waals surface area (Å²) in [6, 6.07) is 3.83. The molecule has 0 saturated heterocycles. The summed E-state index contributed by atoms with van der Waals surface area (Å²) in [5, 5.41) is 10.7. The summed E-state index contributed by atoms with van der Waals surface area (Å²) in [5.74, 6) is 0.720. The van der Waals surface area contributed by atoms with Gasteiger partial charge in [0.1, 0.15) is 6.33 Å². The van der Waals surface area contributed by atoms with Gasteiger partial charge in [0.05, 0.1) is 5.69 Å². The highest BCUT2D eigenvalue weighted by Gasteiger charge is 2.06. The lowest BCUT2D eigenvalue weighted by molar-refractivity contribution is 0.973. The van der Waals surface area contributed by atoms with Crippen LogP contribution in [0.15, 0.2) is 24.7 Å². The van der Waals surface area contributed by atoms with Gasteiger partial charge in [-0.15, -0.1) is 10.2 Å². The molecule has 0 saturated carbocycles. The normalized spacial score (nSPS) is 9.92. The molecule has 0 bridgehead atoms. The maximum absolute atomic E-state index is 4.05. The van der Waals surface area contributed by atoms with E-state index in [1.807, 2.05) is 18.3 Å². The molecule has 2 rings (SSSR count). The maximum atomic E-state index is 4.05. The van der Waals surface area contributed by atoms with Crippen molar-refractivity contribution >= 4 is 5.82 Å². The third kappa shape index (κ3) is 1.35. The van der Waals surface area contributed by atoms with Crippen LogP contribution < -0.4 is 5.32 Å². The molecule has 13 heavy (non-hydrogen) atoms. The third-order valence-corrected chi connectivity index (χ3v) is 1.71. The first-order chi connectivity index (χ1) is 6.42. The molecular weight excluding hydrogens is 166 g/mol. The molecule has 2 aromatic heterocycles. The second kappa shape index (κ2) is 3.22. The van der Waals surface area contributed by atoms with Crippen LogP contribution in [0.25, 0.3) is 11.4 Å². The minimum atomic E-state index is 0.720. The molecule has 5 heteroatoms. The molecule has 0 aromatic carbocycles. The first-order valence-corrected chi connectivity index (χ1v) is 3.91. The molecule has 5 nitrogen and oxygen atoms in total. The molecule has 0 aliphatic carbocycles. The molecule has 2 aromatic rings. The number of aromatic amines is 1. The maximum Gasteiger partial charge on any atom is 0.157 e. The average Bonchev–Trinajstić information content (AvgIpc) is 2.70. The standard InChI is InChI=1S/C8H9N5/c1-9-8-7(13-12-5-11-8)6-3-2-4-10-6/h2-5,10H,1H3,(H,9,11,12). The van der Waals surface area contributed by atoms with Crippen molar-refractivity contribution < 1.29 is 0 Å². The van der Waals surface area contributed by atoms with E-state index in [1.54, 1.807) is 7.05 Å². The zero-order valence-electron chi connectivity index (χ0n) is 7.15. The molecule has 2 N–H and O–H groups in total. The molecule has 66 valence electrons. The number of rotatable bonds is 2. The van der Waals surface area contributed by atoms with Crippen molar-refractivity contribution in [2.24, 2.45) is 0 Å². The molecule has 0 fully saturated rings. The molecule has 0 amide bonds. The average molecular weight is 175 g/mol. The number of nitrogens with zero attached hydrogens (tertiary/aromatic N) is 3. The van der Waals surface area contributed by atoms with Crippen molar-refractivity contribution in [2.45, 2.75) is 0 Å². The van der Waals surface area contributed by atoms with Gasteiger partial charge in [-0.1, -0.05) is 0 Å². The highest BCUT2D eigenvalue weighted by Crippen LogP contribution is 2.19. The molecule has 2 heterocycles. The van der Waals surface area contributed by atoms with Crippen LogP contribution in [0.1, 0.15) is 0 Å². The first-order valence-electron chi connectivity index (χ1n) is 3.91. The van der Waals surface area contributed by atoms with E-state index in [4.69, 9.17) is 0 Å². The smallest absolute Gasteiger partial charge is 0.157 e. The summed E-state index contributed by atoms with van der Waals surface area (Å²) in [6.07, 6.45) is 3.25. The van der Waals surface area contributed by atoms with E-state index in [0.717, 1.165) is 17.2 Å². The zero-order valence-corrected chi connectivity index (χ0v) is 7.15. The molecule has 0 aliphatic heterocycles. The number of nitrogens with one attached hydrogen (secondary N) is 2.